The maximum atomic E-state index is 11.8. The monoisotopic (exact) mass is 300 g/mol. The number of carbonyl (C=O) groups is 3. The van der Waals surface area contributed by atoms with Crippen LogP contribution in [0.4, 0.5) is 4.79 Å². The minimum Gasteiger partial charge on any atom is -0.480 e. The van der Waals surface area contributed by atoms with E-state index in [1.807, 2.05) is 23.6 Å². The molecule has 0 aromatic carbocycles. The average molecular weight is 300 g/mol. The van der Waals surface area contributed by atoms with Crippen molar-refractivity contribution in [1.82, 2.24) is 20.4 Å². The molecular formula is C13H24N4O4. The Labute approximate surface area is 124 Å². The predicted octanol–water partition coefficient (Wildman–Crippen LogP) is -0.687. The Morgan fingerprint density at radius 2 is 1.62 bits per heavy atom. The lowest BCUT2D eigenvalue weighted by Crippen LogP contribution is -2.46. The van der Waals surface area contributed by atoms with Crippen molar-refractivity contribution in [3.63, 3.8) is 0 Å². The Balaban J connectivity index is 2.33. The van der Waals surface area contributed by atoms with Crippen LogP contribution in [0, 0.1) is 0 Å². The summed E-state index contributed by atoms with van der Waals surface area (Å²) >= 11 is 0. The first-order valence-electron chi connectivity index (χ1n) is 7.13. The number of imide groups is 1. The third-order valence-corrected chi connectivity index (χ3v) is 3.08. The largest absolute Gasteiger partial charge is 0.480 e. The SMILES string of the molecule is CC(C)NC(=O)NC(=O)CN1CCCN(CC(=O)O)CC1. The minimum atomic E-state index is -0.841. The number of carboxylic acid groups (broad SMARTS) is 1. The summed E-state index contributed by atoms with van der Waals surface area (Å²) in [5, 5.41) is 13.6. The average Bonchev–Trinajstić information content (AvgIpc) is 2.52. The Bertz CT molecular complexity index is 386. The van der Waals surface area contributed by atoms with Gasteiger partial charge < -0.3 is 10.4 Å². The number of nitrogens with one attached hydrogen (secondary N) is 2. The molecule has 8 heteroatoms. The number of hydrogen-bond donors (Lipinski definition) is 3. The van der Waals surface area contributed by atoms with Gasteiger partial charge in [0, 0.05) is 25.7 Å². The summed E-state index contributed by atoms with van der Waals surface area (Å²) in [6.07, 6.45) is 0.804. The standard InChI is InChI=1S/C13H24N4O4/c1-10(2)14-13(21)15-11(18)8-16-4-3-5-17(7-6-16)9-12(19)20/h10H,3-9H2,1-2H3,(H,19,20)(H2,14,15,18,21). The third-order valence-electron chi connectivity index (χ3n) is 3.08. The Hall–Kier alpha value is -1.67. The quantitative estimate of drug-likeness (QED) is 0.621. The maximum Gasteiger partial charge on any atom is 0.321 e. The highest BCUT2D eigenvalue weighted by atomic mass is 16.4. The highest BCUT2D eigenvalue weighted by molar-refractivity contribution is 5.95. The summed E-state index contributed by atoms with van der Waals surface area (Å²) in [4.78, 5) is 37.6. The number of nitrogens with zero attached hydrogens (tertiary/aromatic N) is 2. The van der Waals surface area contributed by atoms with Crippen molar-refractivity contribution in [2.45, 2.75) is 26.3 Å². The van der Waals surface area contributed by atoms with Crippen LogP contribution in [0.1, 0.15) is 20.3 Å². The molecular weight excluding hydrogens is 276 g/mol. The van der Waals surface area contributed by atoms with E-state index in [1.54, 1.807) is 0 Å². The lowest BCUT2D eigenvalue weighted by atomic mass is 10.3. The molecule has 0 radical (unpaired) electrons. The van der Waals surface area contributed by atoms with Gasteiger partial charge in [-0.2, -0.15) is 0 Å². The molecule has 21 heavy (non-hydrogen) atoms. The van der Waals surface area contributed by atoms with Crippen molar-refractivity contribution in [2.75, 3.05) is 39.3 Å². The molecule has 0 bridgehead atoms. The zero-order valence-corrected chi connectivity index (χ0v) is 12.6. The Morgan fingerprint density at radius 3 is 2.14 bits per heavy atom. The van der Waals surface area contributed by atoms with Crippen LogP contribution >= 0.6 is 0 Å². The van der Waals surface area contributed by atoms with Crippen LogP contribution in [0.25, 0.3) is 0 Å². The van der Waals surface area contributed by atoms with Gasteiger partial charge in [0.25, 0.3) is 0 Å². The van der Waals surface area contributed by atoms with Crippen LogP contribution in [-0.2, 0) is 9.59 Å². The van der Waals surface area contributed by atoms with Crippen LogP contribution < -0.4 is 10.6 Å². The van der Waals surface area contributed by atoms with E-state index in [1.165, 1.54) is 0 Å². The fraction of sp³-hybridized carbons (Fsp3) is 0.769. The molecule has 1 aliphatic rings. The van der Waals surface area contributed by atoms with E-state index in [-0.39, 0.29) is 25.0 Å². The summed E-state index contributed by atoms with van der Waals surface area (Å²) in [6.45, 7) is 6.45. The summed E-state index contributed by atoms with van der Waals surface area (Å²) in [7, 11) is 0. The van der Waals surface area contributed by atoms with E-state index < -0.39 is 12.0 Å². The Kier molecular flexibility index (Phi) is 7.10. The first kappa shape index (κ1) is 17.4. The fourth-order valence-electron chi connectivity index (χ4n) is 2.20. The number of amides is 3. The molecule has 3 amide bonds. The second-order valence-electron chi connectivity index (χ2n) is 5.48. The summed E-state index contributed by atoms with van der Waals surface area (Å²) in [5.74, 6) is -1.19. The fourth-order valence-corrected chi connectivity index (χ4v) is 2.20. The molecule has 1 fully saturated rings. The molecule has 0 aromatic rings. The molecule has 1 heterocycles. The van der Waals surface area contributed by atoms with Crippen molar-refractivity contribution in [2.24, 2.45) is 0 Å². The lowest BCUT2D eigenvalue weighted by molar-refractivity contribution is -0.138. The third kappa shape index (κ3) is 7.62. The summed E-state index contributed by atoms with van der Waals surface area (Å²) in [5.41, 5.74) is 0. The molecule has 0 aliphatic carbocycles. The van der Waals surface area contributed by atoms with Gasteiger partial charge in [-0.25, -0.2) is 4.79 Å². The zero-order valence-electron chi connectivity index (χ0n) is 12.6. The van der Waals surface area contributed by atoms with Crippen molar-refractivity contribution in [3.8, 4) is 0 Å². The van der Waals surface area contributed by atoms with Crippen LogP contribution in [0.3, 0.4) is 0 Å². The topological polar surface area (TPSA) is 102 Å². The highest BCUT2D eigenvalue weighted by Crippen LogP contribution is 2.02. The van der Waals surface area contributed by atoms with E-state index in [2.05, 4.69) is 10.6 Å². The van der Waals surface area contributed by atoms with Gasteiger partial charge in [0.2, 0.25) is 5.91 Å². The number of urea groups is 1. The van der Waals surface area contributed by atoms with Crippen LogP contribution in [0.2, 0.25) is 0 Å². The second kappa shape index (κ2) is 8.58. The molecule has 1 saturated heterocycles. The molecule has 1 rings (SSSR count). The van der Waals surface area contributed by atoms with E-state index in [0.29, 0.717) is 19.6 Å². The lowest BCUT2D eigenvalue weighted by Gasteiger charge is -2.20. The number of hydrogen-bond acceptors (Lipinski definition) is 5. The van der Waals surface area contributed by atoms with Gasteiger partial charge >= 0.3 is 12.0 Å². The van der Waals surface area contributed by atoms with Gasteiger partial charge in [-0.15, -0.1) is 0 Å². The summed E-state index contributed by atoms with van der Waals surface area (Å²) in [6, 6.07) is -0.516. The molecule has 0 aromatic heterocycles. The first-order chi connectivity index (χ1) is 9.86. The maximum absolute atomic E-state index is 11.8. The first-order valence-corrected chi connectivity index (χ1v) is 7.13. The van der Waals surface area contributed by atoms with Gasteiger partial charge in [-0.1, -0.05) is 0 Å². The van der Waals surface area contributed by atoms with Crippen LogP contribution in [0.15, 0.2) is 0 Å². The van der Waals surface area contributed by atoms with Gasteiger partial charge in [-0.3, -0.25) is 24.7 Å². The van der Waals surface area contributed by atoms with E-state index in [0.717, 1.165) is 13.0 Å². The normalized spacial score (nSPS) is 17.3. The van der Waals surface area contributed by atoms with Crippen molar-refractivity contribution >= 4 is 17.9 Å². The van der Waals surface area contributed by atoms with Crippen LogP contribution in [0.5, 0.6) is 0 Å². The van der Waals surface area contributed by atoms with Crippen molar-refractivity contribution < 1.29 is 19.5 Å². The minimum absolute atomic E-state index is 0.0246. The summed E-state index contributed by atoms with van der Waals surface area (Å²) < 4.78 is 0. The van der Waals surface area contributed by atoms with E-state index in [9.17, 15) is 14.4 Å². The number of rotatable bonds is 5. The van der Waals surface area contributed by atoms with E-state index in [4.69, 9.17) is 5.11 Å². The predicted molar refractivity (Wildman–Crippen MR) is 76.9 cm³/mol. The van der Waals surface area contributed by atoms with Gasteiger partial charge in [-0.05, 0) is 26.8 Å². The number of carbonyl (C=O) groups excluding carboxylic acids is 2. The number of aliphatic carboxylic acids is 1. The number of carboxylic acids is 1. The van der Waals surface area contributed by atoms with Gasteiger partial charge in [0.15, 0.2) is 0 Å². The van der Waals surface area contributed by atoms with Gasteiger partial charge in [0.05, 0.1) is 13.1 Å². The molecule has 0 spiro atoms. The van der Waals surface area contributed by atoms with Gasteiger partial charge in [0.1, 0.15) is 0 Å². The van der Waals surface area contributed by atoms with Crippen molar-refractivity contribution in [3.05, 3.63) is 0 Å². The van der Waals surface area contributed by atoms with Crippen molar-refractivity contribution in [1.29, 1.82) is 0 Å². The molecule has 3 N–H and O–H groups in total. The molecule has 120 valence electrons. The zero-order chi connectivity index (χ0) is 15.8. The van der Waals surface area contributed by atoms with Crippen LogP contribution in [-0.4, -0.2) is 78.1 Å². The Morgan fingerprint density at radius 1 is 1.05 bits per heavy atom. The smallest absolute Gasteiger partial charge is 0.321 e. The molecule has 1 aliphatic heterocycles. The molecule has 0 saturated carbocycles. The molecule has 0 unspecified atom stereocenters. The highest BCUT2D eigenvalue weighted by Gasteiger charge is 2.19. The van der Waals surface area contributed by atoms with E-state index >= 15 is 0 Å². The molecule has 0 atom stereocenters. The molecule has 8 nitrogen and oxygen atoms in total. The second-order valence-corrected chi connectivity index (χ2v) is 5.48.